The lowest BCUT2D eigenvalue weighted by molar-refractivity contribution is 0.405. The summed E-state index contributed by atoms with van der Waals surface area (Å²) in [5.41, 5.74) is 0. The molecule has 0 aliphatic carbocycles. The maximum Gasteiger partial charge on any atom is 0.183 e. The van der Waals surface area contributed by atoms with Crippen LogP contribution in [0.3, 0.4) is 0 Å². The van der Waals surface area contributed by atoms with Crippen LogP contribution in [0.5, 0.6) is 0 Å². The van der Waals surface area contributed by atoms with Gasteiger partial charge < -0.3 is 5.23 Å². The smallest absolute Gasteiger partial charge is 0.183 e. The van der Waals surface area contributed by atoms with Crippen LogP contribution < -0.4 is 5.23 Å². The van der Waals surface area contributed by atoms with Gasteiger partial charge in [-0.25, -0.2) is 0 Å². The molecule has 0 rings (SSSR count). The van der Waals surface area contributed by atoms with Crippen LogP contribution in [-0.4, -0.2) is 33.6 Å². The molecule has 0 atom stereocenters. The molecule has 0 aromatic heterocycles. The van der Waals surface area contributed by atoms with Crippen LogP contribution in [0.4, 0.5) is 0 Å². The maximum atomic E-state index is 2.99. The maximum absolute atomic E-state index is 2.99. The third kappa shape index (κ3) is 3.98. The van der Waals surface area contributed by atoms with Crippen molar-refractivity contribution in [3.63, 3.8) is 0 Å². The highest BCUT2D eigenvalue weighted by atomic mass is 15.1. The van der Waals surface area contributed by atoms with Crippen molar-refractivity contribution in [2.75, 3.05) is 20.8 Å². The van der Waals surface area contributed by atoms with Crippen LogP contribution in [0, 0.1) is 0 Å². The highest BCUT2D eigenvalue weighted by molar-refractivity contribution is 6.04. The summed E-state index contributed by atoms with van der Waals surface area (Å²) in [5.74, 6) is 0. The molecule has 0 aliphatic rings. The summed E-state index contributed by atoms with van der Waals surface area (Å²) in [6.45, 7) is 0.958. The Morgan fingerprint density at radius 3 is 2.17 bits per heavy atom. The minimum atomic E-state index is 0.958. The first kappa shape index (κ1) is 5.98. The number of nitrogens with zero attached hydrogens (tertiary/aromatic N) is 1. The van der Waals surface area contributed by atoms with E-state index < -0.39 is 0 Å². The van der Waals surface area contributed by atoms with E-state index in [9.17, 15) is 0 Å². The molecule has 0 radical (unpaired) electrons. The zero-order valence-corrected chi connectivity index (χ0v) is 4.65. The number of hydrogen-bond donors (Lipinski definition) is 1. The van der Waals surface area contributed by atoms with Gasteiger partial charge in [0.05, 0.1) is 0 Å². The van der Waals surface area contributed by atoms with Crippen molar-refractivity contribution in [3.8, 4) is 0 Å². The van der Waals surface area contributed by atoms with Crippen LogP contribution in [-0.2, 0) is 0 Å². The minimum Gasteiger partial charge on any atom is -0.350 e. The highest BCUT2D eigenvalue weighted by Gasteiger charge is 1.77. The molecule has 0 aromatic carbocycles. The lowest BCUT2D eigenvalue weighted by Gasteiger charge is -2.05. The molecule has 0 aliphatic heterocycles. The van der Waals surface area contributed by atoms with Crippen LogP contribution in [0.2, 0.25) is 0 Å². The fraction of sp³-hybridized carbons (Fsp3) is 1.00. The third-order valence-corrected chi connectivity index (χ3v) is 0.474. The molecule has 0 saturated heterocycles. The van der Waals surface area contributed by atoms with Crippen molar-refractivity contribution in [1.29, 1.82) is 0 Å². The van der Waals surface area contributed by atoms with Gasteiger partial charge in [-0.3, -0.25) is 4.90 Å². The Labute approximate surface area is 40.0 Å². The Hall–Kier alpha value is -0.0151. The van der Waals surface area contributed by atoms with Gasteiger partial charge in [-0.15, -0.1) is 0 Å². The minimum absolute atomic E-state index is 0.958. The summed E-state index contributed by atoms with van der Waals surface area (Å²) in [5, 5.41) is 2.99. The number of rotatable bonds is 2. The summed E-state index contributed by atoms with van der Waals surface area (Å²) < 4.78 is 0. The van der Waals surface area contributed by atoms with E-state index in [0.717, 1.165) is 6.67 Å². The number of hydrogen-bond acceptors (Lipinski definition) is 2. The van der Waals surface area contributed by atoms with E-state index >= 15 is 0 Å². The predicted octanol–water partition coefficient (Wildman–Crippen LogP) is -1.36. The SMILES string of the molecule is BNCN(C)C. The highest BCUT2D eigenvalue weighted by Crippen LogP contribution is 1.60. The Bertz CT molecular complexity index is 30.0. The Morgan fingerprint density at radius 1 is 1.67 bits per heavy atom. The molecule has 0 unspecified atom stereocenters. The molecule has 0 spiro atoms. The standard InChI is InChI=1S/C3H11BN2/c1-6(2)3-5-4/h5H,3-4H2,1-2H3. The van der Waals surface area contributed by atoms with E-state index in [2.05, 4.69) is 10.1 Å². The van der Waals surface area contributed by atoms with Gasteiger partial charge in [-0.05, 0) is 14.1 Å². The molecular weight excluding hydrogens is 74.9 g/mol. The van der Waals surface area contributed by atoms with E-state index in [0.29, 0.717) is 0 Å². The van der Waals surface area contributed by atoms with Crippen LogP contribution in [0.15, 0.2) is 0 Å². The molecule has 6 heavy (non-hydrogen) atoms. The van der Waals surface area contributed by atoms with Gasteiger partial charge in [0, 0.05) is 6.67 Å². The zero-order valence-electron chi connectivity index (χ0n) is 4.65. The predicted molar refractivity (Wildman–Crippen MR) is 30.2 cm³/mol. The zero-order chi connectivity index (χ0) is 4.99. The average molecular weight is 85.9 g/mol. The quantitative estimate of drug-likeness (QED) is 0.330. The summed E-state index contributed by atoms with van der Waals surface area (Å²) in [6.07, 6.45) is 0. The summed E-state index contributed by atoms with van der Waals surface area (Å²) in [4.78, 5) is 2.07. The largest absolute Gasteiger partial charge is 0.350 e. The molecule has 1 N–H and O–H groups in total. The summed E-state index contributed by atoms with van der Waals surface area (Å²) in [6, 6.07) is 0. The van der Waals surface area contributed by atoms with E-state index in [4.69, 9.17) is 0 Å². The summed E-state index contributed by atoms with van der Waals surface area (Å²) in [7, 11) is 5.98. The normalized spacial score (nSPS) is 9.83. The third-order valence-electron chi connectivity index (χ3n) is 0.474. The van der Waals surface area contributed by atoms with E-state index in [1.165, 1.54) is 0 Å². The molecule has 0 fully saturated rings. The second-order valence-electron chi connectivity index (χ2n) is 1.59. The van der Waals surface area contributed by atoms with Gasteiger partial charge in [0.2, 0.25) is 0 Å². The Morgan fingerprint density at radius 2 is 2.17 bits per heavy atom. The topological polar surface area (TPSA) is 15.3 Å². The lowest BCUT2D eigenvalue weighted by atomic mass is 10.4. The van der Waals surface area contributed by atoms with Gasteiger partial charge in [0.15, 0.2) is 7.98 Å². The number of nitrogens with one attached hydrogen (secondary N) is 1. The fourth-order valence-electron chi connectivity index (χ4n) is 0.316. The molecule has 0 bridgehead atoms. The van der Waals surface area contributed by atoms with E-state index in [1.807, 2.05) is 22.1 Å². The Balaban J connectivity index is 2.63. The monoisotopic (exact) mass is 86.1 g/mol. The molecule has 3 heteroatoms. The fourth-order valence-corrected chi connectivity index (χ4v) is 0.316. The van der Waals surface area contributed by atoms with Gasteiger partial charge in [0.1, 0.15) is 0 Å². The van der Waals surface area contributed by atoms with Crippen LogP contribution in [0.1, 0.15) is 0 Å². The van der Waals surface area contributed by atoms with Crippen molar-refractivity contribution >= 4 is 7.98 Å². The first-order valence-corrected chi connectivity index (χ1v) is 2.06. The second kappa shape index (κ2) is 3.19. The van der Waals surface area contributed by atoms with Crippen molar-refractivity contribution in [2.24, 2.45) is 0 Å². The van der Waals surface area contributed by atoms with Gasteiger partial charge in [0.25, 0.3) is 0 Å². The first-order chi connectivity index (χ1) is 2.77. The molecule has 36 valence electrons. The van der Waals surface area contributed by atoms with Crippen LogP contribution >= 0.6 is 0 Å². The van der Waals surface area contributed by atoms with Gasteiger partial charge in [-0.2, -0.15) is 0 Å². The molecule has 0 aromatic rings. The van der Waals surface area contributed by atoms with E-state index in [1.54, 1.807) is 0 Å². The molecule has 2 nitrogen and oxygen atoms in total. The molecule has 0 heterocycles. The van der Waals surface area contributed by atoms with E-state index in [-0.39, 0.29) is 0 Å². The summed E-state index contributed by atoms with van der Waals surface area (Å²) >= 11 is 0. The lowest BCUT2D eigenvalue weighted by Crippen LogP contribution is -2.25. The second-order valence-corrected chi connectivity index (χ2v) is 1.59. The Kier molecular flexibility index (Phi) is 3.18. The average Bonchev–Trinajstić information content (AvgIpc) is 1.35. The van der Waals surface area contributed by atoms with Crippen LogP contribution in [0.25, 0.3) is 0 Å². The van der Waals surface area contributed by atoms with Crippen molar-refractivity contribution < 1.29 is 0 Å². The molecular formula is C3H11BN2. The molecule has 0 saturated carbocycles. The van der Waals surface area contributed by atoms with Crippen molar-refractivity contribution in [2.45, 2.75) is 0 Å². The van der Waals surface area contributed by atoms with Gasteiger partial charge in [-0.1, -0.05) is 0 Å². The van der Waals surface area contributed by atoms with Gasteiger partial charge >= 0.3 is 0 Å². The first-order valence-electron chi connectivity index (χ1n) is 2.06. The van der Waals surface area contributed by atoms with Crippen molar-refractivity contribution in [3.05, 3.63) is 0 Å². The van der Waals surface area contributed by atoms with Crippen molar-refractivity contribution in [1.82, 2.24) is 10.1 Å². The molecule has 0 amide bonds.